The Bertz CT molecular complexity index is 1170. The second kappa shape index (κ2) is 9.57. The molecule has 35 heavy (non-hydrogen) atoms. The fourth-order valence-electron chi connectivity index (χ4n) is 5.54. The number of amides is 3. The van der Waals surface area contributed by atoms with E-state index in [9.17, 15) is 9.59 Å². The Kier molecular flexibility index (Phi) is 6.33. The molecule has 2 heterocycles. The third kappa shape index (κ3) is 4.20. The second-order valence-corrected chi connectivity index (χ2v) is 9.83. The van der Waals surface area contributed by atoms with Gasteiger partial charge in [-0.2, -0.15) is 0 Å². The lowest BCUT2D eigenvalue weighted by molar-refractivity contribution is -0.144. The number of hydrogen-bond acceptors (Lipinski definition) is 2. The molecule has 1 spiro atoms. The highest BCUT2D eigenvalue weighted by molar-refractivity contribution is 6.06. The van der Waals surface area contributed by atoms with Crippen LogP contribution in [0.5, 0.6) is 0 Å². The number of urea groups is 1. The van der Waals surface area contributed by atoms with Gasteiger partial charge in [-0.05, 0) is 60.6 Å². The van der Waals surface area contributed by atoms with Crippen LogP contribution in [0.3, 0.4) is 0 Å². The molecule has 5 heteroatoms. The molecular formula is C30H33N3O2. The fourth-order valence-corrected chi connectivity index (χ4v) is 5.54. The molecule has 3 aromatic rings. The molecule has 2 atom stereocenters. The summed E-state index contributed by atoms with van der Waals surface area (Å²) in [6.07, 6.45) is 2.41. The first kappa shape index (κ1) is 23.2. The van der Waals surface area contributed by atoms with Crippen LogP contribution in [0.1, 0.15) is 56.2 Å². The Morgan fingerprint density at radius 2 is 1.54 bits per heavy atom. The molecular weight excluding hydrogens is 434 g/mol. The summed E-state index contributed by atoms with van der Waals surface area (Å²) in [6, 6.07) is 28.2. The van der Waals surface area contributed by atoms with Crippen LogP contribution < -0.4 is 10.2 Å². The molecule has 0 aromatic heterocycles. The maximum atomic E-state index is 13.6. The smallest absolute Gasteiger partial charge is 0.321 e. The number of piperidine rings is 1. The van der Waals surface area contributed by atoms with Crippen molar-refractivity contribution in [1.29, 1.82) is 0 Å². The number of benzene rings is 3. The van der Waals surface area contributed by atoms with E-state index in [0.29, 0.717) is 31.8 Å². The maximum Gasteiger partial charge on any atom is 0.321 e. The molecule has 2 fully saturated rings. The molecule has 180 valence electrons. The fraction of sp³-hybridized carbons (Fsp3) is 0.333. The Labute approximate surface area is 207 Å². The van der Waals surface area contributed by atoms with Crippen molar-refractivity contribution in [3.8, 4) is 0 Å². The van der Waals surface area contributed by atoms with Crippen LogP contribution in [-0.2, 0) is 4.79 Å². The monoisotopic (exact) mass is 467 g/mol. The van der Waals surface area contributed by atoms with Gasteiger partial charge in [-0.25, -0.2) is 4.79 Å². The molecule has 3 amide bonds. The summed E-state index contributed by atoms with van der Waals surface area (Å²) in [5.74, 6) is 0.671. The molecule has 5 rings (SSSR count). The predicted octanol–water partition coefficient (Wildman–Crippen LogP) is 6.60. The van der Waals surface area contributed by atoms with E-state index < -0.39 is 5.41 Å². The molecule has 0 radical (unpaired) electrons. The second-order valence-electron chi connectivity index (χ2n) is 9.83. The van der Waals surface area contributed by atoms with Crippen LogP contribution in [0.2, 0.25) is 0 Å². The van der Waals surface area contributed by atoms with Crippen LogP contribution in [0.4, 0.5) is 16.2 Å². The Hall–Kier alpha value is -3.60. The number of hydrogen-bond donors (Lipinski definition) is 1. The van der Waals surface area contributed by atoms with Crippen molar-refractivity contribution in [1.82, 2.24) is 4.90 Å². The summed E-state index contributed by atoms with van der Waals surface area (Å²) in [7, 11) is 0. The van der Waals surface area contributed by atoms with Gasteiger partial charge in [-0.3, -0.25) is 4.79 Å². The lowest BCUT2D eigenvalue weighted by Crippen LogP contribution is -2.67. The summed E-state index contributed by atoms with van der Waals surface area (Å²) >= 11 is 0. The van der Waals surface area contributed by atoms with Crippen molar-refractivity contribution in [2.75, 3.05) is 23.3 Å². The van der Waals surface area contributed by atoms with Crippen LogP contribution in [0.25, 0.3) is 0 Å². The third-order valence-electron chi connectivity index (χ3n) is 7.86. The molecule has 1 N–H and O–H groups in total. The number of β-lactam (4-membered cyclic amide) rings is 1. The van der Waals surface area contributed by atoms with Gasteiger partial charge in [0.05, 0.1) is 11.5 Å². The molecule has 0 aliphatic carbocycles. The molecule has 0 saturated carbocycles. The van der Waals surface area contributed by atoms with Crippen molar-refractivity contribution in [3.63, 3.8) is 0 Å². The van der Waals surface area contributed by atoms with E-state index in [2.05, 4.69) is 43.4 Å². The number of anilines is 2. The molecule has 2 unspecified atom stereocenters. The summed E-state index contributed by atoms with van der Waals surface area (Å²) in [5.41, 5.74) is 3.70. The molecule has 2 saturated heterocycles. The van der Waals surface area contributed by atoms with Crippen molar-refractivity contribution in [2.45, 2.75) is 45.1 Å². The Morgan fingerprint density at radius 1 is 0.943 bits per heavy atom. The molecule has 2 aliphatic heterocycles. The number of para-hydroxylation sites is 1. The molecule has 2 aliphatic rings. The lowest BCUT2D eigenvalue weighted by atomic mass is 9.62. The van der Waals surface area contributed by atoms with Crippen molar-refractivity contribution >= 4 is 23.3 Å². The number of nitrogens with one attached hydrogen (secondary N) is 1. The predicted molar refractivity (Wildman–Crippen MR) is 141 cm³/mol. The van der Waals surface area contributed by atoms with Crippen molar-refractivity contribution in [2.24, 2.45) is 5.41 Å². The van der Waals surface area contributed by atoms with E-state index in [1.165, 1.54) is 5.56 Å². The van der Waals surface area contributed by atoms with Crippen molar-refractivity contribution in [3.05, 3.63) is 96.1 Å². The lowest BCUT2D eigenvalue weighted by Gasteiger charge is -2.59. The molecule has 0 bridgehead atoms. The van der Waals surface area contributed by atoms with Gasteiger partial charge in [0.2, 0.25) is 5.91 Å². The first-order chi connectivity index (χ1) is 17.0. The Balaban J connectivity index is 1.29. The number of likely N-dealkylation sites (tertiary alicyclic amines) is 1. The first-order valence-corrected chi connectivity index (χ1v) is 12.6. The topological polar surface area (TPSA) is 52.7 Å². The minimum absolute atomic E-state index is 0.0167. The zero-order valence-electron chi connectivity index (χ0n) is 20.5. The third-order valence-corrected chi connectivity index (χ3v) is 7.86. The van der Waals surface area contributed by atoms with E-state index >= 15 is 0 Å². The van der Waals surface area contributed by atoms with Gasteiger partial charge >= 0.3 is 6.03 Å². The number of rotatable bonds is 5. The van der Waals surface area contributed by atoms with E-state index in [-0.39, 0.29) is 18.0 Å². The van der Waals surface area contributed by atoms with E-state index in [0.717, 1.165) is 23.4 Å². The van der Waals surface area contributed by atoms with Crippen LogP contribution >= 0.6 is 0 Å². The largest absolute Gasteiger partial charge is 0.324 e. The van der Waals surface area contributed by atoms with Crippen molar-refractivity contribution < 1.29 is 9.59 Å². The zero-order chi connectivity index (χ0) is 24.4. The minimum atomic E-state index is -0.466. The quantitative estimate of drug-likeness (QED) is 0.430. The van der Waals surface area contributed by atoms with E-state index in [4.69, 9.17) is 0 Å². The normalized spacial score (nSPS) is 19.8. The summed E-state index contributed by atoms with van der Waals surface area (Å²) in [4.78, 5) is 30.4. The SMILES string of the molecule is CCC(C)c1ccc(NC(=O)N2CCC3(CC2)C(=O)N(c2ccccc2)C3c2ccccc2)cc1. The number of nitrogens with zero attached hydrogens (tertiary/aromatic N) is 2. The van der Waals surface area contributed by atoms with Gasteiger partial charge in [-0.1, -0.05) is 74.5 Å². The average Bonchev–Trinajstić information content (AvgIpc) is 2.92. The van der Waals surface area contributed by atoms with Gasteiger partial charge in [0, 0.05) is 24.5 Å². The number of carbonyl (C=O) groups excluding carboxylic acids is 2. The van der Waals surface area contributed by atoms with E-state index in [1.807, 2.05) is 70.5 Å². The standard InChI is InChI=1S/C30H33N3O2/c1-3-22(2)23-14-16-25(17-15-23)31-29(35)32-20-18-30(19-21-32)27(24-10-6-4-7-11-24)33(28(30)34)26-12-8-5-9-13-26/h4-17,22,27H,3,18-21H2,1-2H3,(H,31,35). The average molecular weight is 468 g/mol. The highest BCUT2D eigenvalue weighted by atomic mass is 16.2. The van der Waals surface area contributed by atoms with Gasteiger partial charge in [0.15, 0.2) is 0 Å². The first-order valence-electron chi connectivity index (χ1n) is 12.6. The minimum Gasteiger partial charge on any atom is -0.324 e. The van der Waals surface area contributed by atoms with Gasteiger partial charge < -0.3 is 15.1 Å². The summed E-state index contributed by atoms with van der Waals surface area (Å²) < 4.78 is 0. The summed E-state index contributed by atoms with van der Waals surface area (Å²) in [5, 5.41) is 3.04. The summed E-state index contributed by atoms with van der Waals surface area (Å²) in [6.45, 7) is 5.52. The van der Waals surface area contributed by atoms with Crippen LogP contribution in [0.15, 0.2) is 84.9 Å². The van der Waals surface area contributed by atoms with Gasteiger partial charge in [0.1, 0.15) is 0 Å². The van der Waals surface area contributed by atoms with Crippen LogP contribution in [0, 0.1) is 5.41 Å². The Morgan fingerprint density at radius 3 is 2.14 bits per heavy atom. The molecule has 5 nitrogen and oxygen atoms in total. The highest BCUT2D eigenvalue weighted by Crippen LogP contribution is 2.57. The zero-order valence-corrected chi connectivity index (χ0v) is 20.5. The highest BCUT2D eigenvalue weighted by Gasteiger charge is 2.62. The maximum absolute atomic E-state index is 13.6. The number of carbonyl (C=O) groups is 2. The van der Waals surface area contributed by atoms with Gasteiger partial charge in [0.25, 0.3) is 0 Å². The van der Waals surface area contributed by atoms with E-state index in [1.54, 1.807) is 0 Å². The van der Waals surface area contributed by atoms with Gasteiger partial charge in [-0.15, -0.1) is 0 Å². The van der Waals surface area contributed by atoms with Crippen LogP contribution in [-0.4, -0.2) is 29.9 Å². The molecule has 3 aromatic carbocycles.